The Balaban J connectivity index is 1.97. The predicted octanol–water partition coefficient (Wildman–Crippen LogP) is 3.15. The molecule has 0 spiro atoms. The number of carbonyl (C=O) groups is 2. The van der Waals surface area contributed by atoms with Gasteiger partial charge in [-0.1, -0.05) is 29.8 Å². The van der Waals surface area contributed by atoms with Crippen LogP contribution in [-0.4, -0.2) is 24.2 Å². The topological polar surface area (TPSA) is 78.9 Å². The summed E-state index contributed by atoms with van der Waals surface area (Å²) in [5, 5.41) is 13.0. The first-order valence-corrected chi connectivity index (χ1v) is 7.37. The van der Waals surface area contributed by atoms with Crippen LogP contribution in [0.15, 0.2) is 48.2 Å². The fourth-order valence-electron chi connectivity index (χ4n) is 2.36. The van der Waals surface area contributed by atoms with E-state index in [1.54, 1.807) is 36.4 Å². The second-order valence-electron chi connectivity index (χ2n) is 5.01. The van der Waals surface area contributed by atoms with E-state index < -0.39 is 11.9 Å². The third-order valence-corrected chi connectivity index (χ3v) is 3.73. The third kappa shape index (κ3) is 2.79. The molecule has 1 aliphatic rings. The molecule has 1 aliphatic heterocycles. The number of urea groups is 1. The number of nitrogens with zero attached hydrogens (tertiary/aromatic N) is 1. The summed E-state index contributed by atoms with van der Waals surface area (Å²) in [5.74, 6) is -0.381. The minimum atomic E-state index is -0.587. The quantitative estimate of drug-likeness (QED) is 0.662. The summed E-state index contributed by atoms with van der Waals surface area (Å²) >= 11 is 5.91. The normalized spacial score (nSPS) is 15.8. The number of rotatable bonds is 3. The lowest BCUT2D eigenvalue weighted by Crippen LogP contribution is -2.30. The van der Waals surface area contributed by atoms with Crippen LogP contribution in [0.25, 0.3) is 6.08 Å². The lowest BCUT2D eigenvalue weighted by atomic mass is 10.1. The van der Waals surface area contributed by atoms with E-state index >= 15 is 0 Å². The van der Waals surface area contributed by atoms with Gasteiger partial charge in [-0.3, -0.25) is 4.79 Å². The van der Waals surface area contributed by atoms with Gasteiger partial charge in [0.2, 0.25) is 0 Å². The average molecular weight is 345 g/mol. The fraction of sp³-hybridized carbons (Fsp3) is 0.0588. The van der Waals surface area contributed by atoms with Crippen molar-refractivity contribution in [1.82, 2.24) is 5.32 Å². The van der Waals surface area contributed by atoms with Crippen LogP contribution in [0.5, 0.6) is 11.5 Å². The summed E-state index contributed by atoms with van der Waals surface area (Å²) < 4.78 is 5.03. The number of methoxy groups -OCH3 is 1. The lowest BCUT2D eigenvalue weighted by Gasteiger charge is -2.11. The van der Waals surface area contributed by atoms with Crippen molar-refractivity contribution in [3.63, 3.8) is 0 Å². The SMILES string of the molecule is COc1cccc(/C=C2/NC(=O)N(c3cccc(Cl)c3)C2=O)c1O. The Morgan fingerprint density at radius 3 is 2.67 bits per heavy atom. The number of nitrogens with one attached hydrogen (secondary N) is 1. The van der Waals surface area contributed by atoms with Gasteiger partial charge in [0.25, 0.3) is 5.91 Å². The number of halogens is 1. The van der Waals surface area contributed by atoms with Gasteiger partial charge in [-0.15, -0.1) is 0 Å². The van der Waals surface area contributed by atoms with Gasteiger partial charge in [-0.2, -0.15) is 0 Å². The Kier molecular flexibility index (Phi) is 4.14. The summed E-state index contributed by atoms with van der Waals surface area (Å²) in [6, 6.07) is 10.7. The summed E-state index contributed by atoms with van der Waals surface area (Å²) in [7, 11) is 1.43. The number of phenols is 1. The lowest BCUT2D eigenvalue weighted by molar-refractivity contribution is -0.113. The van der Waals surface area contributed by atoms with Crippen LogP contribution in [0.2, 0.25) is 5.02 Å². The maximum Gasteiger partial charge on any atom is 0.333 e. The van der Waals surface area contributed by atoms with E-state index in [4.69, 9.17) is 16.3 Å². The Morgan fingerprint density at radius 2 is 1.96 bits per heavy atom. The molecule has 0 bridgehead atoms. The Labute approximate surface area is 142 Å². The molecule has 0 unspecified atom stereocenters. The molecule has 2 aromatic rings. The van der Waals surface area contributed by atoms with Gasteiger partial charge in [-0.25, -0.2) is 9.69 Å². The molecule has 6 nitrogen and oxygen atoms in total. The highest BCUT2D eigenvalue weighted by Gasteiger charge is 2.35. The minimum Gasteiger partial charge on any atom is -0.504 e. The number of aromatic hydroxyl groups is 1. The maximum absolute atomic E-state index is 12.5. The van der Waals surface area contributed by atoms with Gasteiger partial charge < -0.3 is 15.2 Å². The zero-order valence-electron chi connectivity index (χ0n) is 12.6. The molecular weight excluding hydrogens is 332 g/mol. The van der Waals surface area contributed by atoms with E-state index in [0.29, 0.717) is 16.3 Å². The zero-order valence-corrected chi connectivity index (χ0v) is 13.4. The molecule has 24 heavy (non-hydrogen) atoms. The molecule has 2 aromatic carbocycles. The summed E-state index contributed by atoms with van der Waals surface area (Å²) in [6.07, 6.45) is 1.39. The molecule has 0 aromatic heterocycles. The Bertz CT molecular complexity index is 863. The van der Waals surface area contributed by atoms with Gasteiger partial charge in [0.1, 0.15) is 5.70 Å². The van der Waals surface area contributed by atoms with Crippen molar-refractivity contribution in [3.05, 3.63) is 58.7 Å². The van der Waals surface area contributed by atoms with Gasteiger partial charge in [0.05, 0.1) is 12.8 Å². The average Bonchev–Trinajstić information content (AvgIpc) is 2.83. The number of para-hydroxylation sites is 1. The number of carbonyl (C=O) groups excluding carboxylic acids is 2. The number of phenolic OH excluding ortho intramolecular Hbond substituents is 1. The van der Waals surface area contributed by atoms with E-state index in [1.165, 1.54) is 19.3 Å². The molecule has 0 saturated carbocycles. The summed E-state index contributed by atoms with van der Waals surface area (Å²) in [4.78, 5) is 25.6. The third-order valence-electron chi connectivity index (χ3n) is 3.49. The van der Waals surface area contributed by atoms with Crippen LogP contribution >= 0.6 is 11.6 Å². The number of imide groups is 1. The second-order valence-corrected chi connectivity index (χ2v) is 5.44. The number of anilines is 1. The van der Waals surface area contributed by atoms with Crippen molar-refractivity contribution in [2.45, 2.75) is 0 Å². The highest BCUT2D eigenvalue weighted by atomic mass is 35.5. The molecule has 0 radical (unpaired) electrons. The molecule has 1 heterocycles. The number of amides is 3. The zero-order chi connectivity index (χ0) is 17.3. The van der Waals surface area contributed by atoms with Crippen molar-refractivity contribution < 1.29 is 19.4 Å². The smallest absolute Gasteiger partial charge is 0.333 e. The van der Waals surface area contributed by atoms with Crippen LogP contribution in [-0.2, 0) is 4.79 Å². The highest BCUT2D eigenvalue weighted by molar-refractivity contribution is 6.32. The Hall–Kier alpha value is -2.99. The standard InChI is InChI=1S/C17H13ClN2O4/c1-24-14-7-2-4-10(15(14)21)8-13-16(22)20(17(23)19-13)12-6-3-5-11(18)9-12/h2-9,21H,1H3,(H,19,23)/b13-8+. The van der Waals surface area contributed by atoms with Crippen LogP contribution in [0.1, 0.15) is 5.56 Å². The molecule has 1 fully saturated rings. The number of ether oxygens (including phenoxy) is 1. The van der Waals surface area contributed by atoms with E-state index in [1.807, 2.05) is 0 Å². The molecule has 0 aliphatic carbocycles. The first-order valence-electron chi connectivity index (χ1n) is 7.00. The van der Waals surface area contributed by atoms with Crippen LogP contribution in [0, 0.1) is 0 Å². The van der Waals surface area contributed by atoms with Crippen molar-refractivity contribution >= 4 is 35.3 Å². The molecule has 7 heteroatoms. The van der Waals surface area contributed by atoms with Crippen LogP contribution in [0.4, 0.5) is 10.5 Å². The maximum atomic E-state index is 12.5. The summed E-state index contributed by atoms with van der Waals surface area (Å²) in [5.41, 5.74) is 0.762. The second kappa shape index (κ2) is 6.25. The minimum absolute atomic E-state index is 0.0449. The predicted molar refractivity (Wildman–Crippen MR) is 90.1 cm³/mol. The van der Waals surface area contributed by atoms with Crippen LogP contribution < -0.4 is 15.0 Å². The van der Waals surface area contributed by atoms with Crippen molar-refractivity contribution in [2.75, 3.05) is 12.0 Å². The molecule has 0 atom stereocenters. The molecule has 3 amide bonds. The summed E-state index contributed by atoms with van der Waals surface area (Å²) in [6.45, 7) is 0. The van der Waals surface area contributed by atoms with Gasteiger partial charge in [0, 0.05) is 10.6 Å². The van der Waals surface area contributed by atoms with Gasteiger partial charge >= 0.3 is 6.03 Å². The van der Waals surface area contributed by atoms with Crippen molar-refractivity contribution in [1.29, 1.82) is 0 Å². The molecular formula is C17H13ClN2O4. The van der Waals surface area contributed by atoms with E-state index in [-0.39, 0.29) is 17.2 Å². The van der Waals surface area contributed by atoms with Gasteiger partial charge in [0.15, 0.2) is 11.5 Å². The van der Waals surface area contributed by atoms with E-state index in [2.05, 4.69) is 5.32 Å². The largest absolute Gasteiger partial charge is 0.504 e. The van der Waals surface area contributed by atoms with E-state index in [9.17, 15) is 14.7 Å². The Morgan fingerprint density at radius 1 is 1.21 bits per heavy atom. The monoisotopic (exact) mass is 344 g/mol. The number of hydrogen-bond acceptors (Lipinski definition) is 4. The molecule has 2 N–H and O–H groups in total. The van der Waals surface area contributed by atoms with Gasteiger partial charge in [-0.05, 0) is 30.3 Å². The highest BCUT2D eigenvalue weighted by Crippen LogP contribution is 2.32. The first kappa shape index (κ1) is 15.9. The molecule has 3 rings (SSSR count). The van der Waals surface area contributed by atoms with Crippen LogP contribution in [0.3, 0.4) is 0 Å². The van der Waals surface area contributed by atoms with Crippen molar-refractivity contribution in [3.8, 4) is 11.5 Å². The number of benzene rings is 2. The molecule has 122 valence electrons. The number of hydrogen-bond donors (Lipinski definition) is 2. The first-order chi connectivity index (χ1) is 11.5. The fourth-order valence-corrected chi connectivity index (χ4v) is 2.55. The van der Waals surface area contributed by atoms with Crippen molar-refractivity contribution in [2.24, 2.45) is 0 Å². The van der Waals surface area contributed by atoms with E-state index in [0.717, 1.165) is 4.90 Å². The molecule has 1 saturated heterocycles.